The molecular weight excluding hydrogens is 450 g/mol. The molecule has 3 aliphatic heterocycles. The van der Waals surface area contributed by atoms with Gasteiger partial charge in [-0.2, -0.15) is 4.31 Å². The monoisotopic (exact) mass is 475 g/mol. The van der Waals surface area contributed by atoms with E-state index in [1.54, 1.807) is 30.3 Å². The molecule has 10 nitrogen and oxygen atoms in total. The van der Waals surface area contributed by atoms with Crippen molar-refractivity contribution in [2.45, 2.75) is 10.8 Å². The van der Waals surface area contributed by atoms with Crippen LogP contribution in [0.3, 0.4) is 0 Å². The van der Waals surface area contributed by atoms with E-state index < -0.39 is 21.9 Å². The number of carbonyl (C=O) groups is 1. The minimum atomic E-state index is -3.55. The summed E-state index contributed by atoms with van der Waals surface area (Å²) in [4.78, 5) is 14.8. The molecule has 1 aromatic heterocycles. The van der Waals surface area contributed by atoms with Crippen LogP contribution < -0.4 is 14.8 Å². The first kappa shape index (κ1) is 23.2. The predicted molar refractivity (Wildman–Crippen MR) is 118 cm³/mol. The van der Waals surface area contributed by atoms with Gasteiger partial charge in [0, 0.05) is 32.2 Å². The zero-order chi connectivity index (χ0) is 23.4. The zero-order valence-corrected chi connectivity index (χ0v) is 18.6. The van der Waals surface area contributed by atoms with Gasteiger partial charge >= 0.3 is 5.97 Å². The van der Waals surface area contributed by atoms with Crippen molar-refractivity contribution in [2.24, 2.45) is 0 Å². The van der Waals surface area contributed by atoms with Crippen LogP contribution in [0.15, 0.2) is 58.6 Å². The number of pyridine rings is 1. The van der Waals surface area contributed by atoms with Gasteiger partial charge in [0.05, 0.1) is 12.8 Å². The second-order valence-corrected chi connectivity index (χ2v) is 9.68. The molecule has 0 bridgehead atoms. The number of nitrogens with one attached hydrogen (secondary N) is 1. The maximum Gasteiger partial charge on any atom is 0.313 e. The molecule has 5 rings (SSSR count). The van der Waals surface area contributed by atoms with Crippen molar-refractivity contribution in [2.75, 3.05) is 46.0 Å². The molecule has 0 unspecified atom stereocenters. The fourth-order valence-corrected chi connectivity index (χ4v) is 5.21. The molecule has 1 atom stereocenters. The van der Waals surface area contributed by atoms with Crippen LogP contribution in [0.1, 0.15) is 11.5 Å². The Morgan fingerprint density at radius 1 is 1.12 bits per heavy atom. The van der Waals surface area contributed by atoms with Gasteiger partial charge in [0.1, 0.15) is 24.0 Å². The molecule has 0 saturated carbocycles. The summed E-state index contributed by atoms with van der Waals surface area (Å²) in [6.07, 6.45) is 1.34. The maximum absolute atomic E-state index is 12.7. The Hall–Kier alpha value is -2.99. The van der Waals surface area contributed by atoms with E-state index in [-0.39, 0.29) is 11.5 Å². The summed E-state index contributed by atoms with van der Waals surface area (Å²) in [6.45, 7) is 2.95. The van der Waals surface area contributed by atoms with E-state index >= 15 is 0 Å². The number of carboxylic acid groups (broad SMARTS) is 1. The minimum Gasteiger partial charge on any atom is -0.484 e. The summed E-state index contributed by atoms with van der Waals surface area (Å²) in [7, 11) is -3.55. The third kappa shape index (κ3) is 5.01. The molecule has 0 aliphatic carbocycles. The Bertz CT molecular complexity index is 1140. The van der Waals surface area contributed by atoms with Gasteiger partial charge in [0.25, 0.3) is 5.88 Å². The third-order valence-corrected chi connectivity index (χ3v) is 7.36. The van der Waals surface area contributed by atoms with Gasteiger partial charge in [-0.3, -0.25) is 4.79 Å². The molecule has 0 saturated heterocycles. The number of nitrogens with zero attached hydrogens (tertiary/aromatic N) is 2. The van der Waals surface area contributed by atoms with Crippen LogP contribution >= 0.6 is 0 Å². The molecule has 1 aromatic carbocycles. The largest absolute Gasteiger partial charge is 0.484 e. The van der Waals surface area contributed by atoms with Crippen molar-refractivity contribution >= 4 is 16.0 Å². The van der Waals surface area contributed by atoms with Crippen LogP contribution in [-0.4, -0.2) is 79.9 Å². The predicted octanol–water partition coefficient (Wildman–Crippen LogP) is 0.604. The molecular formula is C22H25N3O7S. The number of carboxylic acids is 1. The Labute approximate surface area is 191 Å². The molecule has 0 amide bonds. The van der Waals surface area contributed by atoms with E-state index in [1.165, 1.54) is 27.7 Å². The zero-order valence-electron chi connectivity index (χ0n) is 17.8. The highest BCUT2D eigenvalue weighted by Crippen LogP contribution is 2.32. The first-order chi connectivity index (χ1) is 15.9. The third-order valence-electron chi connectivity index (χ3n) is 5.60. The van der Waals surface area contributed by atoms with E-state index in [1.807, 2.05) is 0 Å². The number of aliphatic hydroxyl groups is 1. The Kier molecular flexibility index (Phi) is 6.94. The number of aliphatic hydroxyl groups excluding tert-OH is 1. The second-order valence-electron chi connectivity index (χ2n) is 7.74. The highest BCUT2D eigenvalue weighted by molar-refractivity contribution is 7.89. The second kappa shape index (κ2) is 9.87. The first-order valence-corrected chi connectivity index (χ1v) is 11.9. The molecule has 33 heavy (non-hydrogen) atoms. The number of hydrogen-bond donors (Lipinski definition) is 3. The van der Waals surface area contributed by atoms with Crippen LogP contribution in [-0.2, 0) is 14.8 Å². The van der Waals surface area contributed by atoms with Crippen LogP contribution in [0.4, 0.5) is 0 Å². The van der Waals surface area contributed by atoms with Crippen molar-refractivity contribution in [3.8, 4) is 11.6 Å². The van der Waals surface area contributed by atoms with Crippen molar-refractivity contribution in [1.29, 1.82) is 0 Å². The topological polar surface area (TPSA) is 138 Å². The smallest absolute Gasteiger partial charge is 0.313 e. The van der Waals surface area contributed by atoms with E-state index in [4.69, 9.17) is 19.7 Å². The van der Waals surface area contributed by atoms with E-state index in [2.05, 4.69) is 10.3 Å². The number of aliphatic carboxylic acids is 1. The van der Waals surface area contributed by atoms with Crippen LogP contribution in [0.25, 0.3) is 0 Å². The number of ether oxygens (including phenoxy) is 2. The quantitative estimate of drug-likeness (QED) is 0.531. The Balaban J connectivity index is 0.000000185. The van der Waals surface area contributed by atoms with Gasteiger partial charge in [0.2, 0.25) is 10.0 Å². The lowest BCUT2D eigenvalue weighted by Crippen LogP contribution is -2.32. The number of hydrogen-bond acceptors (Lipinski definition) is 8. The average Bonchev–Trinajstić information content (AvgIpc) is 3.43. The summed E-state index contributed by atoms with van der Waals surface area (Å²) in [5, 5.41) is 20.7. The fraction of sp³-hybridized carbons (Fsp3) is 0.364. The van der Waals surface area contributed by atoms with Gasteiger partial charge in [-0.05, 0) is 16.7 Å². The number of aromatic nitrogens is 1. The standard InChI is InChI=1S/C13H15N3O4S.C9H10O3/c17-21(18,16-7-9-4-14-5-10(9)8-16)11-3-12-13(15-6-11)20-2-1-19-12;10-6-8(9(11)12)7-4-2-1-3-5-7/h3,6,14H,1-2,4-5,7-8H2;1-5,8,10H,6H2,(H,11,12)/t;8-/m.1/s1. The van der Waals surface area contributed by atoms with Crippen molar-refractivity contribution in [3.05, 3.63) is 59.3 Å². The van der Waals surface area contributed by atoms with Gasteiger partial charge in [-0.15, -0.1) is 0 Å². The molecule has 0 spiro atoms. The Morgan fingerprint density at radius 2 is 1.79 bits per heavy atom. The molecule has 0 radical (unpaired) electrons. The summed E-state index contributed by atoms with van der Waals surface area (Å²) in [6, 6.07) is 10.2. The SMILES string of the molecule is O=C(O)[C@H](CO)c1ccccc1.O=S(=O)(c1cnc2c(c1)OCCO2)N1CC2=C(CNC2)C1. The summed E-state index contributed by atoms with van der Waals surface area (Å²) < 4.78 is 37.6. The van der Waals surface area contributed by atoms with Crippen molar-refractivity contribution in [3.63, 3.8) is 0 Å². The number of rotatable bonds is 5. The minimum absolute atomic E-state index is 0.154. The molecule has 2 aromatic rings. The van der Waals surface area contributed by atoms with Crippen molar-refractivity contribution in [1.82, 2.24) is 14.6 Å². The lowest BCUT2D eigenvalue weighted by atomic mass is 10.0. The van der Waals surface area contributed by atoms with Crippen LogP contribution in [0, 0.1) is 0 Å². The van der Waals surface area contributed by atoms with E-state index in [0.29, 0.717) is 43.5 Å². The maximum atomic E-state index is 12.7. The van der Waals surface area contributed by atoms with Gasteiger partial charge in [-0.1, -0.05) is 30.3 Å². The Morgan fingerprint density at radius 3 is 2.42 bits per heavy atom. The molecule has 0 fully saturated rings. The lowest BCUT2D eigenvalue weighted by Gasteiger charge is -2.20. The van der Waals surface area contributed by atoms with E-state index in [0.717, 1.165) is 13.1 Å². The van der Waals surface area contributed by atoms with Gasteiger partial charge in [-0.25, -0.2) is 13.4 Å². The molecule has 11 heteroatoms. The average molecular weight is 476 g/mol. The van der Waals surface area contributed by atoms with Gasteiger partial charge in [0.15, 0.2) is 5.75 Å². The van der Waals surface area contributed by atoms with Gasteiger partial charge < -0.3 is 25.0 Å². The fourth-order valence-electron chi connectivity index (χ4n) is 3.82. The highest BCUT2D eigenvalue weighted by atomic mass is 32.2. The molecule has 3 aliphatic rings. The molecule has 3 N–H and O–H groups in total. The van der Waals surface area contributed by atoms with Crippen molar-refractivity contribution < 1.29 is 32.9 Å². The van der Waals surface area contributed by atoms with Crippen LogP contribution in [0.2, 0.25) is 0 Å². The normalized spacial score (nSPS) is 18.3. The number of fused-ring (bicyclic) bond motifs is 1. The van der Waals surface area contributed by atoms with E-state index in [9.17, 15) is 13.2 Å². The summed E-state index contributed by atoms with van der Waals surface area (Å²) >= 11 is 0. The first-order valence-electron chi connectivity index (χ1n) is 10.4. The molecule has 4 heterocycles. The van der Waals surface area contributed by atoms with Crippen LogP contribution in [0.5, 0.6) is 11.6 Å². The number of sulfonamides is 1. The molecule has 176 valence electrons. The lowest BCUT2D eigenvalue weighted by molar-refractivity contribution is -0.139. The summed E-state index contributed by atoms with van der Waals surface area (Å²) in [5.74, 6) is -1.05. The summed E-state index contributed by atoms with van der Waals surface area (Å²) in [5.41, 5.74) is 3.00. The number of benzene rings is 1. The highest BCUT2D eigenvalue weighted by Gasteiger charge is 2.34.